The number of hydrogen-bond donors (Lipinski definition) is 2. The normalized spacial score (nSPS) is 19.1. The van der Waals surface area contributed by atoms with Crippen molar-refractivity contribution in [2.75, 3.05) is 38.3 Å². The first-order valence-electron chi connectivity index (χ1n) is 7.48. The molecule has 0 spiro atoms. The maximum atomic E-state index is 11.6. The van der Waals surface area contributed by atoms with Crippen LogP contribution in [0.25, 0.3) is 0 Å². The highest BCUT2D eigenvalue weighted by atomic mass is 32.2. The van der Waals surface area contributed by atoms with Gasteiger partial charge in [0.05, 0.1) is 25.2 Å². The molecule has 7 nitrogen and oxygen atoms in total. The fourth-order valence-electron chi connectivity index (χ4n) is 2.40. The Morgan fingerprint density at radius 3 is 2.65 bits per heavy atom. The summed E-state index contributed by atoms with van der Waals surface area (Å²) in [5.41, 5.74) is 0. The van der Waals surface area contributed by atoms with Crippen molar-refractivity contribution < 1.29 is 22.7 Å². The lowest BCUT2D eigenvalue weighted by Gasteiger charge is -2.12. The number of urea groups is 1. The van der Waals surface area contributed by atoms with E-state index in [4.69, 9.17) is 9.47 Å². The highest BCUT2D eigenvalue weighted by molar-refractivity contribution is 7.91. The molecular weight excluding hydrogens is 320 g/mol. The van der Waals surface area contributed by atoms with Gasteiger partial charge in [0.2, 0.25) is 0 Å². The SMILES string of the molecule is COc1ccccc1OCCNC(=O)NC[C@H]1CCS(=O)(=O)C1. The van der Waals surface area contributed by atoms with Crippen molar-refractivity contribution in [2.45, 2.75) is 6.42 Å². The second kappa shape index (κ2) is 8.05. The standard InChI is InChI=1S/C15H22N2O5S/c1-21-13-4-2-3-5-14(13)22-8-7-16-15(18)17-10-12-6-9-23(19,20)11-12/h2-5,12H,6-11H2,1H3,(H2,16,17,18)/t12-/m1/s1. The summed E-state index contributed by atoms with van der Waals surface area (Å²) in [6.07, 6.45) is 0.611. The number of para-hydroxylation sites is 2. The molecule has 0 bridgehead atoms. The number of methoxy groups -OCH3 is 1. The highest BCUT2D eigenvalue weighted by Gasteiger charge is 2.27. The minimum absolute atomic E-state index is 0.00980. The molecule has 1 aliphatic heterocycles. The van der Waals surface area contributed by atoms with E-state index in [9.17, 15) is 13.2 Å². The molecule has 0 saturated carbocycles. The van der Waals surface area contributed by atoms with Gasteiger partial charge in [0.1, 0.15) is 6.61 Å². The molecule has 1 aromatic rings. The van der Waals surface area contributed by atoms with Crippen molar-refractivity contribution in [3.05, 3.63) is 24.3 Å². The molecule has 0 aliphatic carbocycles. The lowest BCUT2D eigenvalue weighted by Crippen LogP contribution is -2.40. The van der Waals surface area contributed by atoms with Crippen molar-refractivity contribution in [3.8, 4) is 11.5 Å². The van der Waals surface area contributed by atoms with E-state index in [1.165, 1.54) is 0 Å². The Hall–Kier alpha value is -1.96. The fourth-order valence-corrected chi connectivity index (χ4v) is 4.26. The van der Waals surface area contributed by atoms with E-state index in [0.717, 1.165) is 0 Å². The number of ether oxygens (including phenoxy) is 2. The zero-order valence-corrected chi connectivity index (χ0v) is 13.9. The average molecular weight is 342 g/mol. The van der Waals surface area contributed by atoms with Gasteiger partial charge in [-0.1, -0.05) is 12.1 Å². The molecule has 1 aromatic carbocycles. The van der Waals surface area contributed by atoms with Crippen LogP contribution in [-0.2, 0) is 9.84 Å². The maximum Gasteiger partial charge on any atom is 0.314 e. The molecular formula is C15H22N2O5S. The topological polar surface area (TPSA) is 93.7 Å². The van der Waals surface area contributed by atoms with Crippen molar-refractivity contribution in [1.82, 2.24) is 10.6 Å². The van der Waals surface area contributed by atoms with Gasteiger partial charge in [0.25, 0.3) is 0 Å². The zero-order valence-electron chi connectivity index (χ0n) is 13.1. The Balaban J connectivity index is 1.62. The van der Waals surface area contributed by atoms with Gasteiger partial charge < -0.3 is 20.1 Å². The van der Waals surface area contributed by atoms with Gasteiger partial charge in [-0.3, -0.25) is 0 Å². The molecule has 128 valence electrons. The van der Waals surface area contributed by atoms with Gasteiger partial charge in [0.15, 0.2) is 21.3 Å². The summed E-state index contributed by atoms with van der Waals surface area (Å²) < 4.78 is 33.4. The average Bonchev–Trinajstić information content (AvgIpc) is 2.89. The summed E-state index contributed by atoms with van der Waals surface area (Å²) in [4.78, 5) is 11.6. The Morgan fingerprint density at radius 1 is 1.26 bits per heavy atom. The molecule has 8 heteroatoms. The molecule has 2 rings (SSSR count). The number of carbonyl (C=O) groups is 1. The van der Waals surface area contributed by atoms with E-state index in [2.05, 4.69) is 10.6 Å². The van der Waals surface area contributed by atoms with Crippen molar-refractivity contribution in [1.29, 1.82) is 0 Å². The molecule has 1 heterocycles. The van der Waals surface area contributed by atoms with Crippen LogP contribution >= 0.6 is 0 Å². The maximum absolute atomic E-state index is 11.6. The number of carbonyl (C=O) groups excluding carboxylic acids is 1. The predicted octanol–water partition coefficient (Wildman–Crippen LogP) is 0.808. The quantitative estimate of drug-likeness (QED) is 0.715. The van der Waals surface area contributed by atoms with Gasteiger partial charge in [-0.15, -0.1) is 0 Å². The van der Waals surface area contributed by atoms with Gasteiger partial charge in [-0.05, 0) is 24.5 Å². The minimum Gasteiger partial charge on any atom is -0.493 e. The van der Waals surface area contributed by atoms with Gasteiger partial charge in [-0.25, -0.2) is 13.2 Å². The van der Waals surface area contributed by atoms with Crippen molar-refractivity contribution in [2.24, 2.45) is 5.92 Å². The largest absolute Gasteiger partial charge is 0.493 e. The molecule has 1 fully saturated rings. The number of nitrogens with one attached hydrogen (secondary N) is 2. The van der Waals surface area contributed by atoms with Crippen molar-refractivity contribution >= 4 is 15.9 Å². The summed E-state index contributed by atoms with van der Waals surface area (Å²) in [5.74, 6) is 1.64. The summed E-state index contributed by atoms with van der Waals surface area (Å²) in [6, 6.07) is 6.96. The van der Waals surface area contributed by atoms with Crippen LogP contribution in [0.4, 0.5) is 4.79 Å². The van der Waals surface area contributed by atoms with Crippen LogP contribution in [0.2, 0.25) is 0 Å². The predicted molar refractivity (Wildman–Crippen MR) is 86.7 cm³/mol. The smallest absolute Gasteiger partial charge is 0.314 e. The van der Waals surface area contributed by atoms with Crippen LogP contribution in [0, 0.1) is 5.92 Å². The molecule has 0 unspecified atom stereocenters. The van der Waals surface area contributed by atoms with E-state index >= 15 is 0 Å². The van der Waals surface area contributed by atoms with Crippen LogP contribution in [0.3, 0.4) is 0 Å². The van der Waals surface area contributed by atoms with Crippen LogP contribution < -0.4 is 20.1 Å². The monoisotopic (exact) mass is 342 g/mol. The molecule has 23 heavy (non-hydrogen) atoms. The first kappa shape index (κ1) is 17.4. The molecule has 2 amide bonds. The van der Waals surface area contributed by atoms with Crippen LogP contribution in [0.15, 0.2) is 24.3 Å². The minimum atomic E-state index is -2.91. The lowest BCUT2D eigenvalue weighted by molar-refractivity contribution is 0.234. The first-order valence-corrected chi connectivity index (χ1v) is 9.30. The second-order valence-electron chi connectivity index (χ2n) is 5.41. The number of amides is 2. The Kier molecular flexibility index (Phi) is 6.09. The summed E-state index contributed by atoms with van der Waals surface area (Å²) in [5, 5.41) is 5.36. The Morgan fingerprint density at radius 2 is 2.00 bits per heavy atom. The first-order chi connectivity index (χ1) is 11.0. The molecule has 1 saturated heterocycles. The molecule has 1 aliphatic rings. The molecule has 0 radical (unpaired) electrons. The Bertz CT molecular complexity index is 633. The fraction of sp³-hybridized carbons (Fsp3) is 0.533. The highest BCUT2D eigenvalue weighted by Crippen LogP contribution is 2.25. The third-order valence-electron chi connectivity index (χ3n) is 3.59. The van der Waals surface area contributed by atoms with Gasteiger partial charge in [-0.2, -0.15) is 0 Å². The lowest BCUT2D eigenvalue weighted by atomic mass is 10.1. The number of rotatable bonds is 7. The third kappa shape index (κ3) is 5.63. The summed E-state index contributed by atoms with van der Waals surface area (Å²) in [7, 11) is -1.34. The van der Waals surface area contributed by atoms with Gasteiger partial charge in [0, 0.05) is 6.54 Å². The van der Waals surface area contributed by atoms with Gasteiger partial charge >= 0.3 is 6.03 Å². The third-order valence-corrected chi connectivity index (χ3v) is 5.43. The zero-order chi connectivity index (χ0) is 16.7. The van der Waals surface area contributed by atoms with Crippen LogP contribution in [-0.4, -0.2) is 52.8 Å². The van der Waals surface area contributed by atoms with Crippen molar-refractivity contribution in [3.63, 3.8) is 0 Å². The molecule has 2 N–H and O–H groups in total. The van der Waals surface area contributed by atoms with E-state index in [1.54, 1.807) is 19.2 Å². The van der Waals surface area contributed by atoms with E-state index in [0.29, 0.717) is 37.6 Å². The van der Waals surface area contributed by atoms with E-state index < -0.39 is 9.84 Å². The summed E-state index contributed by atoms with van der Waals surface area (Å²) >= 11 is 0. The number of sulfone groups is 1. The number of hydrogen-bond acceptors (Lipinski definition) is 5. The second-order valence-corrected chi connectivity index (χ2v) is 7.63. The van der Waals surface area contributed by atoms with E-state index in [-0.39, 0.29) is 23.5 Å². The van der Waals surface area contributed by atoms with Crippen LogP contribution in [0.1, 0.15) is 6.42 Å². The molecule has 1 atom stereocenters. The van der Waals surface area contributed by atoms with Crippen LogP contribution in [0.5, 0.6) is 11.5 Å². The summed E-state index contributed by atoms with van der Waals surface area (Å²) in [6.45, 7) is 1.02. The Labute approximate surface area is 136 Å². The number of benzene rings is 1. The van der Waals surface area contributed by atoms with E-state index in [1.807, 2.05) is 12.1 Å². The molecule has 0 aromatic heterocycles.